The van der Waals surface area contributed by atoms with Crippen molar-refractivity contribution in [1.82, 2.24) is 24.8 Å². The van der Waals surface area contributed by atoms with Gasteiger partial charge in [-0.25, -0.2) is 14.3 Å². The summed E-state index contributed by atoms with van der Waals surface area (Å²) in [6.07, 6.45) is 3.58. The first kappa shape index (κ1) is 13.8. The van der Waals surface area contributed by atoms with Crippen LogP contribution in [0.25, 0.3) is 5.65 Å². The largest absolute Gasteiger partial charge is 0.337 e. The van der Waals surface area contributed by atoms with E-state index in [1.807, 2.05) is 17.2 Å². The van der Waals surface area contributed by atoms with Crippen molar-refractivity contribution in [3.05, 3.63) is 29.7 Å². The number of carbonyl (C=O) groups excluding carboxylic acids is 1. The maximum absolute atomic E-state index is 12.0. The molecule has 112 valence electrons. The van der Waals surface area contributed by atoms with Crippen LogP contribution in [0.5, 0.6) is 0 Å². The van der Waals surface area contributed by atoms with Crippen molar-refractivity contribution < 1.29 is 4.79 Å². The molecule has 2 amide bonds. The summed E-state index contributed by atoms with van der Waals surface area (Å²) in [5.74, 6) is 0. The highest BCUT2D eigenvalue weighted by Crippen LogP contribution is 2.21. The van der Waals surface area contributed by atoms with Gasteiger partial charge in [0.25, 0.3) is 0 Å². The Morgan fingerprint density at radius 1 is 1.48 bits per heavy atom. The van der Waals surface area contributed by atoms with Crippen molar-refractivity contribution in [3.8, 4) is 0 Å². The van der Waals surface area contributed by atoms with Gasteiger partial charge in [0.1, 0.15) is 0 Å². The molecule has 0 saturated carbocycles. The predicted molar refractivity (Wildman–Crippen MR) is 78.5 cm³/mol. The van der Waals surface area contributed by atoms with Gasteiger partial charge in [-0.2, -0.15) is 5.10 Å². The third kappa shape index (κ3) is 2.82. The second kappa shape index (κ2) is 5.00. The van der Waals surface area contributed by atoms with E-state index in [2.05, 4.69) is 29.2 Å². The lowest BCUT2D eigenvalue weighted by Crippen LogP contribution is -2.54. The Morgan fingerprint density at radius 2 is 2.29 bits per heavy atom. The monoisotopic (exact) mass is 288 g/mol. The quantitative estimate of drug-likeness (QED) is 0.872. The molecule has 3 N–H and O–H groups in total. The lowest BCUT2D eigenvalue weighted by molar-refractivity contribution is 0.134. The first-order chi connectivity index (χ1) is 9.97. The number of urea groups is 1. The van der Waals surface area contributed by atoms with E-state index >= 15 is 0 Å². The van der Waals surface area contributed by atoms with E-state index < -0.39 is 0 Å². The fourth-order valence-electron chi connectivity index (χ4n) is 2.57. The lowest BCUT2D eigenvalue weighted by atomic mass is 9.91. The molecule has 1 aliphatic rings. The van der Waals surface area contributed by atoms with Gasteiger partial charge < -0.3 is 16.0 Å². The number of hydrogen-bond donors (Lipinski definition) is 2. The summed E-state index contributed by atoms with van der Waals surface area (Å²) in [5, 5.41) is 7.24. The molecule has 0 radical (unpaired) electrons. The van der Waals surface area contributed by atoms with Gasteiger partial charge in [0.15, 0.2) is 5.65 Å². The highest BCUT2D eigenvalue weighted by molar-refractivity contribution is 5.75. The van der Waals surface area contributed by atoms with E-state index in [1.165, 1.54) is 0 Å². The van der Waals surface area contributed by atoms with Crippen LogP contribution in [0.2, 0.25) is 0 Å². The topological polar surface area (TPSA) is 88.5 Å². The number of nitrogens with two attached hydrogens (primary N) is 1. The van der Waals surface area contributed by atoms with E-state index in [0.717, 1.165) is 23.4 Å². The predicted octanol–water partition coefficient (Wildman–Crippen LogP) is 0.739. The van der Waals surface area contributed by atoms with Gasteiger partial charge in [0.05, 0.1) is 18.1 Å². The number of nitrogens with zero attached hydrogens (tertiary/aromatic N) is 4. The van der Waals surface area contributed by atoms with Crippen LogP contribution in [0.4, 0.5) is 4.79 Å². The molecule has 7 nitrogen and oxygen atoms in total. The molecule has 7 heteroatoms. The van der Waals surface area contributed by atoms with Crippen LogP contribution in [0.1, 0.15) is 25.1 Å². The Bertz CT molecular complexity index is 677. The first-order valence-corrected chi connectivity index (χ1v) is 7.03. The van der Waals surface area contributed by atoms with E-state index in [1.54, 1.807) is 10.7 Å². The average molecular weight is 288 g/mol. The SMILES string of the molecule is CC1(C)CNC(=O)N(Cc2cnn3cc(CN)nc3c2)C1. The molecule has 2 aromatic rings. The van der Waals surface area contributed by atoms with Crippen LogP contribution in [-0.4, -0.2) is 38.6 Å². The van der Waals surface area contributed by atoms with Crippen molar-refractivity contribution in [2.75, 3.05) is 13.1 Å². The van der Waals surface area contributed by atoms with Gasteiger partial charge in [0.2, 0.25) is 0 Å². The van der Waals surface area contributed by atoms with Gasteiger partial charge in [-0.05, 0) is 17.0 Å². The smallest absolute Gasteiger partial charge is 0.317 e. The molecule has 0 atom stereocenters. The molecule has 0 bridgehead atoms. The summed E-state index contributed by atoms with van der Waals surface area (Å²) in [6.45, 7) is 6.64. The number of fused-ring (bicyclic) bond motifs is 1. The average Bonchev–Trinajstić information content (AvgIpc) is 2.85. The van der Waals surface area contributed by atoms with Crippen LogP contribution in [0, 0.1) is 5.41 Å². The maximum Gasteiger partial charge on any atom is 0.317 e. The summed E-state index contributed by atoms with van der Waals surface area (Å²) in [6, 6.07) is 1.92. The molecule has 0 unspecified atom stereocenters. The van der Waals surface area contributed by atoms with Crippen molar-refractivity contribution >= 4 is 11.7 Å². The first-order valence-electron chi connectivity index (χ1n) is 7.03. The van der Waals surface area contributed by atoms with Crippen LogP contribution >= 0.6 is 0 Å². The molecule has 21 heavy (non-hydrogen) atoms. The molecule has 1 saturated heterocycles. The van der Waals surface area contributed by atoms with Gasteiger partial charge in [-0.1, -0.05) is 13.8 Å². The Morgan fingerprint density at radius 3 is 3.05 bits per heavy atom. The number of hydrogen-bond acceptors (Lipinski definition) is 4. The second-order valence-electron chi connectivity index (χ2n) is 6.28. The van der Waals surface area contributed by atoms with Gasteiger partial charge >= 0.3 is 6.03 Å². The number of aromatic nitrogens is 3. The van der Waals surface area contributed by atoms with Crippen LogP contribution in [-0.2, 0) is 13.1 Å². The zero-order valence-electron chi connectivity index (χ0n) is 12.3. The lowest BCUT2D eigenvalue weighted by Gasteiger charge is -2.38. The fourth-order valence-corrected chi connectivity index (χ4v) is 2.57. The minimum atomic E-state index is -0.0276. The van der Waals surface area contributed by atoms with E-state index in [0.29, 0.717) is 19.6 Å². The van der Waals surface area contributed by atoms with Crippen LogP contribution in [0.3, 0.4) is 0 Å². The number of rotatable bonds is 3. The van der Waals surface area contributed by atoms with Gasteiger partial charge in [-0.3, -0.25) is 0 Å². The third-order valence-corrected chi connectivity index (χ3v) is 3.63. The summed E-state index contributed by atoms with van der Waals surface area (Å²) < 4.78 is 1.70. The maximum atomic E-state index is 12.0. The molecule has 0 aromatic carbocycles. The summed E-state index contributed by atoms with van der Waals surface area (Å²) in [5.41, 5.74) is 8.18. The second-order valence-corrected chi connectivity index (χ2v) is 6.28. The van der Waals surface area contributed by atoms with Crippen LogP contribution in [0.15, 0.2) is 18.5 Å². The third-order valence-electron chi connectivity index (χ3n) is 3.63. The molecule has 0 spiro atoms. The molecule has 3 rings (SSSR count). The standard InChI is InChI=1S/C14H20N6O/c1-14(2)8-16-13(21)19(9-14)6-10-3-12-18-11(4-15)7-20(12)17-5-10/h3,5,7H,4,6,8-9,15H2,1-2H3,(H,16,21). The Labute approximate surface area is 123 Å². The minimum Gasteiger partial charge on any atom is -0.337 e. The minimum absolute atomic E-state index is 0.0276. The van der Waals surface area contributed by atoms with Crippen molar-refractivity contribution in [1.29, 1.82) is 0 Å². The Kier molecular flexibility index (Phi) is 3.29. The van der Waals surface area contributed by atoms with Gasteiger partial charge in [0, 0.05) is 26.2 Å². The summed E-state index contributed by atoms with van der Waals surface area (Å²) >= 11 is 0. The number of amides is 2. The van der Waals surface area contributed by atoms with Crippen molar-refractivity contribution in [3.63, 3.8) is 0 Å². The van der Waals surface area contributed by atoms with Gasteiger partial charge in [-0.15, -0.1) is 0 Å². The Balaban J connectivity index is 1.82. The normalized spacial score (nSPS) is 18.0. The number of nitrogens with one attached hydrogen (secondary N) is 1. The molecular weight excluding hydrogens is 268 g/mol. The molecule has 2 aromatic heterocycles. The molecule has 0 aliphatic carbocycles. The Hall–Kier alpha value is -2.15. The zero-order chi connectivity index (χ0) is 15.0. The van der Waals surface area contributed by atoms with Crippen molar-refractivity contribution in [2.45, 2.75) is 26.9 Å². The van der Waals surface area contributed by atoms with E-state index in [4.69, 9.17) is 5.73 Å². The zero-order valence-corrected chi connectivity index (χ0v) is 12.3. The summed E-state index contributed by atoms with van der Waals surface area (Å²) in [7, 11) is 0. The fraction of sp³-hybridized carbons (Fsp3) is 0.500. The highest BCUT2D eigenvalue weighted by Gasteiger charge is 2.30. The van der Waals surface area contributed by atoms with E-state index in [-0.39, 0.29) is 11.4 Å². The number of imidazole rings is 1. The highest BCUT2D eigenvalue weighted by atomic mass is 16.2. The van der Waals surface area contributed by atoms with Crippen molar-refractivity contribution in [2.24, 2.45) is 11.1 Å². The molecule has 1 aliphatic heterocycles. The molecule has 1 fully saturated rings. The van der Waals surface area contributed by atoms with Crippen LogP contribution < -0.4 is 11.1 Å². The van der Waals surface area contributed by atoms with E-state index in [9.17, 15) is 4.79 Å². The number of carbonyl (C=O) groups is 1. The summed E-state index contributed by atoms with van der Waals surface area (Å²) in [4.78, 5) is 18.2. The molecule has 3 heterocycles. The molecular formula is C14H20N6O.